The van der Waals surface area contributed by atoms with E-state index in [0.717, 1.165) is 19.4 Å². The van der Waals surface area contributed by atoms with E-state index in [1.165, 1.54) is 0 Å². The fourth-order valence-corrected chi connectivity index (χ4v) is 2.63. The van der Waals surface area contributed by atoms with Crippen LogP contribution in [0.3, 0.4) is 0 Å². The Balaban J connectivity index is 2.13. The molecule has 0 amide bonds. The lowest BCUT2D eigenvalue weighted by atomic mass is 9.94. The maximum atomic E-state index is 13.1. The fourth-order valence-electron chi connectivity index (χ4n) is 2.63. The van der Waals surface area contributed by atoms with E-state index in [2.05, 4.69) is 14.9 Å². The molecule has 2 aliphatic rings. The van der Waals surface area contributed by atoms with Crippen molar-refractivity contribution >= 4 is 0 Å². The zero-order chi connectivity index (χ0) is 9.31. The predicted octanol–water partition coefficient (Wildman–Crippen LogP) is 1.87. The first-order valence-electron chi connectivity index (χ1n) is 4.67. The van der Waals surface area contributed by atoms with E-state index in [4.69, 9.17) is 5.53 Å². The highest BCUT2D eigenvalue weighted by Crippen LogP contribution is 2.40. The molecule has 0 saturated carbocycles. The third kappa shape index (κ3) is 1.38. The Hall–Kier alpha value is -0.800. The molecule has 2 saturated heterocycles. The first-order valence-corrected chi connectivity index (χ1v) is 4.67. The summed E-state index contributed by atoms with van der Waals surface area (Å²) in [5, 5.41) is 3.59. The molecule has 13 heavy (non-hydrogen) atoms. The van der Waals surface area contributed by atoms with Crippen LogP contribution >= 0.6 is 0 Å². The van der Waals surface area contributed by atoms with Gasteiger partial charge in [0.05, 0.1) is 0 Å². The third-order valence-corrected chi connectivity index (χ3v) is 3.19. The minimum atomic E-state index is -0.728. The molecule has 0 aromatic carbocycles. The number of hydrogen-bond donors (Lipinski definition) is 0. The summed E-state index contributed by atoms with van der Waals surface area (Å²) >= 11 is 0. The molecule has 2 heterocycles. The molecule has 0 N–H and O–H groups in total. The second kappa shape index (κ2) is 3.16. The average Bonchev–Trinajstić information content (AvgIpc) is 2.57. The Kier molecular flexibility index (Phi) is 2.14. The molecule has 0 bridgehead atoms. The summed E-state index contributed by atoms with van der Waals surface area (Å²) < 4.78 is 13.1. The van der Waals surface area contributed by atoms with Crippen LogP contribution < -0.4 is 0 Å². The second-order valence-corrected chi connectivity index (χ2v) is 3.96. The number of rotatable bonds is 2. The van der Waals surface area contributed by atoms with Gasteiger partial charge >= 0.3 is 0 Å². The van der Waals surface area contributed by atoms with Gasteiger partial charge in [0, 0.05) is 23.5 Å². The van der Waals surface area contributed by atoms with E-state index in [-0.39, 0.29) is 5.54 Å². The molecule has 5 heteroatoms. The van der Waals surface area contributed by atoms with Gasteiger partial charge in [0.15, 0.2) is 0 Å². The number of nitrogens with zero attached hydrogens (tertiary/aromatic N) is 4. The summed E-state index contributed by atoms with van der Waals surface area (Å²) in [5.41, 5.74) is 8.12. The van der Waals surface area contributed by atoms with E-state index in [1.54, 1.807) is 0 Å². The summed E-state index contributed by atoms with van der Waals surface area (Å²) in [7, 11) is 0. The summed E-state index contributed by atoms with van der Waals surface area (Å²) in [6, 6.07) is 0. The highest BCUT2D eigenvalue weighted by Gasteiger charge is 2.47. The van der Waals surface area contributed by atoms with Gasteiger partial charge in [-0.25, -0.2) is 4.39 Å². The van der Waals surface area contributed by atoms with Gasteiger partial charge in [0.1, 0.15) is 6.17 Å². The standard InChI is InChI=1S/C8H13FN4/c9-7-4-8(6-11-12-10)2-1-3-13(8)5-7/h7H,1-6H2/t7-,8+/m0/s1. The van der Waals surface area contributed by atoms with Gasteiger partial charge in [0.2, 0.25) is 0 Å². The van der Waals surface area contributed by atoms with Crippen LogP contribution in [-0.4, -0.2) is 36.2 Å². The summed E-state index contributed by atoms with van der Waals surface area (Å²) in [6.45, 7) is 1.92. The molecule has 0 radical (unpaired) electrons. The van der Waals surface area contributed by atoms with Crippen molar-refractivity contribution < 1.29 is 4.39 Å². The minimum Gasteiger partial charge on any atom is -0.295 e. The second-order valence-electron chi connectivity index (χ2n) is 3.96. The SMILES string of the molecule is [N-]=[N+]=NC[C@]12CCCN1C[C@@H](F)C2. The monoisotopic (exact) mass is 184 g/mol. The average molecular weight is 184 g/mol. The van der Waals surface area contributed by atoms with Crippen molar-refractivity contribution in [1.29, 1.82) is 0 Å². The zero-order valence-corrected chi connectivity index (χ0v) is 7.49. The molecule has 0 unspecified atom stereocenters. The third-order valence-electron chi connectivity index (χ3n) is 3.19. The summed E-state index contributed by atoms with van der Waals surface area (Å²) in [6.07, 6.45) is 1.90. The molecule has 4 nitrogen and oxygen atoms in total. The van der Waals surface area contributed by atoms with Crippen molar-refractivity contribution in [2.75, 3.05) is 19.6 Å². The number of halogens is 1. The quantitative estimate of drug-likeness (QED) is 0.367. The van der Waals surface area contributed by atoms with E-state index < -0.39 is 6.17 Å². The number of fused-ring (bicyclic) bond motifs is 1. The molecule has 0 aromatic rings. The van der Waals surface area contributed by atoms with Crippen LogP contribution in [-0.2, 0) is 0 Å². The lowest BCUT2D eigenvalue weighted by Crippen LogP contribution is -2.40. The Morgan fingerprint density at radius 3 is 3.31 bits per heavy atom. The van der Waals surface area contributed by atoms with Gasteiger partial charge < -0.3 is 0 Å². The molecule has 0 aromatic heterocycles. The van der Waals surface area contributed by atoms with E-state index in [0.29, 0.717) is 19.5 Å². The van der Waals surface area contributed by atoms with Crippen molar-refractivity contribution in [2.24, 2.45) is 5.11 Å². The van der Waals surface area contributed by atoms with Crippen molar-refractivity contribution in [3.05, 3.63) is 10.4 Å². The van der Waals surface area contributed by atoms with E-state index >= 15 is 0 Å². The number of hydrogen-bond acceptors (Lipinski definition) is 2. The highest BCUT2D eigenvalue weighted by molar-refractivity contribution is 5.04. The van der Waals surface area contributed by atoms with Crippen LogP contribution in [0, 0.1) is 0 Å². The Morgan fingerprint density at radius 2 is 2.54 bits per heavy atom. The number of azide groups is 1. The molecule has 2 atom stereocenters. The molecule has 0 aliphatic carbocycles. The fraction of sp³-hybridized carbons (Fsp3) is 1.00. The summed E-state index contributed by atoms with van der Waals surface area (Å²) in [5.74, 6) is 0. The largest absolute Gasteiger partial charge is 0.295 e. The number of alkyl halides is 1. The van der Waals surface area contributed by atoms with E-state index in [9.17, 15) is 4.39 Å². The Labute approximate surface area is 76.3 Å². The lowest BCUT2D eigenvalue weighted by Gasteiger charge is -2.29. The smallest absolute Gasteiger partial charge is 0.115 e. The maximum absolute atomic E-state index is 13.1. The van der Waals surface area contributed by atoms with Crippen LogP contribution in [0.1, 0.15) is 19.3 Å². The van der Waals surface area contributed by atoms with Gasteiger partial charge in [0.25, 0.3) is 0 Å². The van der Waals surface area contributed by atoms with E-state index in [1.807, 2.05) is 0 Å². The first-order chi connectivity index (χ1) is 6.27. The van der Waals surface area contributed by atoms with Gasteiger partial charge in [-0.05, 0) is 31.3 Å². The zero-order valence-electron chi connectivity index (χ0n) is 7.49. The van der Waals surface area contributed by atoms with Crippen LogP contribution in [0.15, 0.2) is 5.11 Å². The van der Waals surface area contributed by atoms with Gasteiger partial charge in [-0.15, -0.1) is 0 Å². The molecule has 0 spiro atoms. The van der Waals surface area contributed by atoms with Gasteiger partial charge in [-0.1, -0.05) is 5.11 Å². The van der Waals surface area contributed by atoms with Crippen LogP contribution in [0.5, 0.6) is 0 Å². The lowest BCUT2D eigenvalue weighted by molar-refractivity contribution is 0.203. The van der Waals surface area contributed by atoms with Gasteiger partial charge in [-0.2, -0.15) is 0 Å². The van der Waals surface area contributed by atoms with Crippen LogP contribution in [0.4, 0.5) is 4.39 Å². The summed E-state index contributed by atoms with van der Waals surface area (Å²) in [4.78, 5) is 4.90. The topological polar surface area (TPSA) is 52.0 Å². The van der Waals surface area contributed by atoms with Crippen LogP contribution in [0.2, 0.25) is 0 Å². The van der Waals surface area contributed by atoms with Gasteiger partial charge in [-0.3, -0.25) is 4.90 Å². The van der Waals surface area contributed by atoms with Crippen molar-refractivity contribution in [3.8, 4) is 0 Å². The maximum Gasteiger partial charge on any atom is 0.115 e. The minimum absolute atomic E-state index is 0.133. The van der Waals surface area contributed by atoms with Crippen molar-refractivity contribution in [2.45, 2.75) is 31.0 Å². The van der Waals surface area contributed by atoms with Crippen molar-refractivity contribution in [3.63, 3.8) is 0 Å². The molecular weight excluding hydrogens is 171 g/mol. The molecule has 2 rings (SSSR count). The molecule has 2 fully saturated rings. The predicted molar refractivity (Wildman–Crippen MR) is 47.1 cm³/mol. The first kappa shape index (κ1) is 8.78. The molecular formula is C8H13FN4. The normalized spacial score (nSPS) is 38.7. The van der Waals surface area contributed by atoms with Crippen LogP contribution in [0.25, 0.3) is 10.4 Å². The molecule has 2 aliphatic heterocycles. The Bertz CT molecular complexity index is 251. The van der Waals surface area contributed by atoms with Crippen molar-refractivity contribution in [1.82, 2.24) is 4.90 Å². The highest BCUT2D eigenvalue weighted by atomic mass is 19.1. The molecule has 72 valence electrons. The Morgan fingerprint density at radius 1 is 1.69 bits per heavy atom.